The van der Waals surface area contributed by atoms with E-state index in [1.807, 2.05) is 0 Å². The van der Waals surface area contributed by atoms with Crippen molar-refractivity contribution in [1.29, 1.82) is 0 Å². The Kier molecular flexibility index (Phi) is 5.65. The molecular formula is C21H19F4NO4. The number of aliphatic carboxylic acids is 1. The summed E-state index contributed by atoms with van der Waals surface area (Å²) in [5, 5.41) is 9.72. The topological polar surface area (TPSA) is 59.0 Å². The standard InChI is InChI=1S/C21H19F4NO4/c1-11-14-8-7-13(21(23,24)25)9-16(14)26(19(30-3)17(11)20(27)28)10-12-5-4-6-15(22)18(12)29-2/h4-9,11H,10H2,1-3H3,(H,27,28). The zero-order valence-corrected chi connectivity index (χ0v) is 16.4. The van der Waals surface area contributed by atoms with Gasteiger partial charge in [-0.15, -0.1) is 0 Å². The monoisotopic (exact) mass is 425 g/mol. The fourth-order valence-electron chi connectivity index (χ4n) is 3.65. The normalized spacial score (nSPS) is 16.4. The number of rotatable bonds is 5. The average Bonchev–Trinajstić information content (AvgIpc) is 2.68. The molecule has 1 unspecified atom stereocenters. The van der Waals surface area contributed by atoms with Crippen molar-refractivity contribution >= 4 is 11.7 Å². The molecule has 0 aromatic heterocycles. The zero-order chi connectivity index (χ0) is 22.2. The van der Waals surface area contributed by atoms with E-state index in [-0.39, 0.29) is 29.4 Å². The zero-order valence-electron chi connectivity index (χ0n) is 16.4. The molecule has 0 bridgehead atoms. The lowest BCUT2D eigenvalue weighted by molar-refractivity contribution is -0.137. The minimum Gasteiger partial charge on any atom is -0.493 e. The van der Waals surface area contributed by atoms with E-state index in [0.29, 0.717) is 11.1 Å². The van der Waals surface area contributed by atoms with E-state index in [0.717, 1.165) is 12.1 Å². The summed E-state index contributed by atoms with van der Waals surface area (Å²) < 4.78 is 64.6. The van der Waals surface area contributed by atoms with Gasteiger partial charge >= 0.3 is 12.1 Å². The van der Waals surface area contributed by atoms with Gasteiger partial charge in [-0.1, -0.05) is 25.1 Å². The molecule has 0 radical (unpaired) electrons. The molecule has 0 saturated heterocycles. The van der Waals surface area contributed by atoms with E-state index >= 15 is 0 Å². The van der Waals surface area contributed by atoms with Crippen LogP contribution in [0.3, 0.4) is 0 Å². The number of methoxy groups -OCH3 is 2. The van der Waals surface area contributed by atoms with Gasteiger partial charge in [0.15, 0.2) is 11.6 Å². The number of anilines is 1. The van der Waals surface area contributed by atoms with Crippen molar-refractivity contribution in [1.82, 2.24) is 0 Å². The van der Waals surface area contributed by atoms with Gasteiger partial charge in [0.2, 0.25) is 5.88 Å². The number of carboxylic acids is 1. The Balaban J connectivity index is 2.24. The van der Waals surface area contributed by atoms with Crippen LogP contribution in [0.15, 0.2) is 47.9 Å². The van der Waals surface area contributed by atoms with Crippen molar-refractivity contribution in [3.05, 3.63) is 70.4 Å². The largest absolute Gasteiger partial charge is 0.493 e. The molecule has 1 aliphatic rings. The van der Waals surface area contributed by atoms with Crippen LogP contribution >= 0.6 is 0 Å². The van der Waals surface area contributed by atoms with E-state index in [9.17, 15) is 27.5 Å². The van der Waals surface area contributed by atoms with Crippen molar-refractivity contribution in [2.75, 3.05) is 19.1 Å². The lowest BCUT2D eigenvalue weighted by Gasteiger charge is -2.36. The first kappa shape index (κ1) is 21.5. The molecule has 5 nitrogen and oxygen atoms in total. The molecule has 1 heterocycles. The van der Waals surface area contributed by atoms with Crippen molar-refractivity contribution in [3.8, 4) is 5.75 Å². The fourth-order valence-corrected chi connectivity index (χ4v) is 3.65. The maximum Gasteiger partial charge on any atom is 0.416 e. The van der Waals surface area contributed by atoms with Crippen LogP contribution in [0, 0.1) is 5.82 Å². The van der Waals surface area contributed by atoms with Crippen LogP contribution in [-0.2, 0) is 22.3 Å². The van der Waals surface area contributed by atoms with Crippen LogP contribution in [0.5, 0.6) is 5.75 Å². The second-order valence-corrected chi connectivity index (χ2v) is 6.74. The van der Waals surface area contributed by atoms with Gasteiger partial charge in [0.25, 0.3) is 0 Å². The van der Waals surface area contributed by atoms with E-state index in [4.69, 9.17) is 9.47 Å². The Hall–Kier alpha value is -3.23. The molecule has 0 spiro atoms. The number of fused-ring (bicyclic) bond motifs is 1. The van der Waals surface area contributed by atoms with Gasteiger partial charge in [0.05, 0.1) is 26.3 Å². The molecule has 3 rings (SSSR count). The van der Waals surface area contributed by atoms with Crippen molar-refractivity contribution in [2.45, 2.75) is 25.6 Å². The number of benzene rings is 2. The highest BCUT2D eigenvalue weighted by atomic mass is 19.4. The predicted molar refractivity (Wildman–Crippen MR) is 101 cm³/mol. The van der Waals surface area contributed by atoms with Crippen LogP contribution in [0.2, 0.25) is 0 Å². The van der Waals surface area contributed by atoms with E-state index < -0.39 is 29.4 Å². The molecule has 2 aromatic carbocycles. The number of carbonyl (C=O) groups is 1. The average molecular weight is 425 g/mol. The highest BCUT2D eigenvalue weighted by Gasteiger charge is 2.38. The number of carboxylic acid groups (broad SMARTS) is 1. The van der Waals surface area contributed by atoms with E-state index in [2.05, 4.69) is 0 Å². The second-order valence-electron chi connectivity index (χ2n) is 6.74. The first-order valence-electron chi connectivity index (χ1n) is 8.91. The Labute approximate surface area is 170 Å². The molecule has 0 saturated carbocycles. The molecular weight excluding hydrogens is 406 g/mol. The molecule has 1 N–H and O–H groups in total. The summed E-state index contributed by atoms with van der Waals surface area (Å²) in [4.78, 5) is 13.2. The lowest BCUT2D eigenvalue weighted by Crippen LogP contribution is -2.33. The fraction of sp³-hybridized carbons (Fsp3) is 0.286. The Morgan fingerprint density at radius 3 is 2.43 bits per heavy atom. The summed E-state index contributed by atoms with van der Waals surface area (Å²) in [5.74, 6) is -2.84. The molecule has 1 atom stereocenters. The summed E-state index contributed by atoms with van der Waals surface area (Å²) in [7, 11) is 2.51. The summed E-state index contributed by atoms with van der Waals surface area (Å²) in [6, 6.07) is 7.27. The first-order valence-corrected chi connectivity index (χ1v) is 8.91. The van der Waals surface area contributed by atoms with Crippen LogP contribution in [0.1, 0.15) is 29.5 Å². The second kappa shape index (κ2) is 7.89. The number of ether oxygens (including phenoxy) is 2. The minimum atomic E-state index is -4.59. The summed E-state index contributed by atoms with van der Waals surface area (Å²) in [6.07, 6.45) is -4.59. The summed E-state index contributed by atoms with van der Waals surface area (Å²) in [6.45, 7) is 1.41. The smallest absolute Gasteiger partial charge is 0.416 e. The summed E-state index contributed by atoms with van der Waals surface area (Å²) >= 11 is 0. The number of alkyl halides is 3. The third kappa shape index (κ3) is 3.67. The molecule has 9 heteroatoms. The molecule has 0 amide bonds. The van der Waals surface area contributed by atoms with Crippen molar-refractivity contribution in [2.24, 2.45) is 0 Å². The summed E-state index contributed by atoms with van der Waals surface area (Å²) in [5.41, 5.74) is -0.171. The SMILES string of the molecule is COC1=C(C(=O)O)C(C)c2ccc(C(F)(F)F)cc2N1Cc1cccc(F)c1OC. The van der Waals surface area contributed by atoms with E-state index in [1.165, 1.54) is 37.3 Å². The van der Waals surface area contributed by atoms with Gasteiger partial charge < -0.3 is 19.5 Å². The maximum atomic E-state index is 14.1. The predicted octanol–water partition coefficient (Wildman–Crippen LogP) is 4.92. The van der Waals surface area contributed by atoms with Crippen LogP contribution in [-0.4, -0.2) is 25.3 Å². The van der Waals surface area contributed by atoms with Gasteiger partial charge in [-0.25, -0.2) is 9.18 Å². The number of hydrogen-bond acceptors (Lipinski definition) is 4. The van der Waals surface area contributed by atoms with E-state index in [1.54, 1.807) is 13.0 Å². The Bertz CT molecular complexity index is 1020. The number of halogens is 4. The quantitative estimate of drug-likeness (QED) is 0.690. The molecule has 1 aliphatic heterocycles. The highest BCUT2D eigenvalue weighted by molar-refractivity contribution is 5.92. The number of nitrogens with zero attached hydrogens (tertiary/aromatic N) is 1. The highest BCUT2D eigenvalue weighted by Crippen LogP contribution is 2.45. The molecule has 160 valence electrons. The lowest BCUT2D eigenvalue weighted by atomic mass is 9.87. The molecule has 0 fully saturated rings. The van der Waals surface area contributed by atoms with Crippen LogP contribution in [0.25, 0.3) is 0 Å². The maximum absolute atomic E-state index is 14.1. The molecule has 2 aromatic rings. The minimum absolute atomic E-state index is 0.0861. The molecule has 0 aliphatic carbocycles. The number of hydrogen-bond donors (Lipinski definition) is 1. The van der Waals surface area contributed by atoms with Gasteiger partial charge in [-0.3, -0.25) is 0 Å². The van der Waals surface area contributed by atoms with Gasteiger partial charge in [0, 0.05) is 17.2 Å². The third-order valence-corrected chi connectivity index (χ3v) is 5.03. The Morgan fingerprint density at radius 2 is 1.87 bits per heavy atom. The van der Waals surface area contributed by atoms with Gasteiger partial charge in [0.1, 0.15) is 5.57 Å². The first-order chi connectivity index (χ1) is 14.1. The van der Waals surface area contributed by atoms with Crippen LogP contribution < -0.4 is 9.64 Å². The van der Waals surface area contributed by atoms with Crippen LogP contribution in [0.4, 0.5) is 23.2 Å². The van der Waals surface area contributed by atoms with Gasteiger partial charge in [-0.05, 0) is 23.8 Å². The Morgan fingerprint density at radius 1 is 1.17 bits per heavy atom. The third-order valence-electron chi connectivity index (χ3n) is 5.03. The van der Waals surface area contributed by atoms with Gasteiger partial charge in [-0.2, -0.15) is 13.2 Å². The number of para-hydroxylation sites is 1. The van der Waals surface area contributed by atoms with Crippen molar-refractivity contribution < 1.29 is 36.9 Å². The molecule has 30 heavy (non-hydrogen) atoms. The van der Waals surface area contributed by atoms with Crippen molar-refractivity contribution in [3.63, 3.8) is 0 Å².